The maximum Gasteiger partial charge on any atom is 0.0623 e. The lowest BCUT2D eigenvalue weighted by molar-refractivity contribution is 0.162. The van der Waals surface area contributed by atoms with Crippen LogP contribution in [0.3, 0.4) is 0 Å². The lowest BCUT2D eigenvalue weighted by atomic mass is 10.0. The SMILES string of the molecule is Cc1ccc([C@H]2CCC[C@@H]2O)nc1. The van der Waals surface area contributed by atoms with Crippen molar-refractivity contribution in [2.75, 3.05) is 0 Å². The average molecular weight is 177 g/mol. The molecule has 2 atom stereocenters. The van der Waals surface area contributed by atoms with Gasteiger partial charge in [-0.3, -0.25) is 4.98 Å². The molecular formula is C11H15NO. The largest absolute Gasteiger partial charge is 0.392 e. The Bertz CT molecular complexity index is 281. The Labute approximate surface area is 78.6 Å². The third kappa shape index (κ3) is 1.73. The summed E-state index contributed by atoms with van der Waals surface area (Å²) in [6, 6.07) is 4.10. The van der Waals surface area contributed by atoms with E-state index >= 15 is 0 Å². The van der Waals surface area contributed by atoms with Crippen molar-refractivity contribution in [2.45, 2.75) is 38.2 Å². The second-order valence-corrected chi connectivity index (χ2v) is 3.87. The minimum Gasteiger partial charge on any atom is -0.392 e. The molecule has 1 aliphatic carbocycles. The van der Waals surface area contributed by atoms with Gasteiger partial charge in [-0.2, -0.15) is 0 Å². The van der Waals surface area contributed by atoms with Gasteiger partial charge in [0.2, 0.25) is 0 Å². The Hall–Kier alpha value is -0.890. The molecule has 0 aliphatic heterocycles. The molecule has 1 fully saturated rings. The van der Waals surface area contributed by atoms with Crippen molar-refractivity contribution in [3.8, 4) is 0 Å². The smallest absolute Gasteiger partial charge is 0.0623 e. The van der Waals surface area contributed by atoms with E-state index in [-0.39, 0.29) is 12.0 Å². The minimum absolute atomic E-state index is 0.171. The molecule has 2 heteroatoms. The van der Waals surface area contributed by atoms with E-state index in [1.165, 1.54) is 5.56 Å². The van der Waals surface area contributed by atoms with E-state index in [1.807, 2.05) is 19.2 Å². The first-order valence-electron chi connectivity index (χ1n) is 4.88. The third-order valence-corrected chi connectivity index (χ3v) is 2.79. The highest BCUT2D eigenvalue weighted by Gasteiger charge is 2.27. The van der Waals surface area contributed by atoms with Crippen LogP contribution >= 0.6 is 0 Å². The van der Waals surface area contributed by atoms with Gasteiger partial charge in [0, 0.05) is 17.8 Å². The summed E-state index contributed by atoms with van der Waals surface area (Å²) < 4.78 is 0. The first-order chi connectivity index (χ1) is 6.27. The summed E-state index contributed by atoms with van der Waals surface area (Å²) in [7, 11) is 0. The number of hydrogen-bond donors (Lipinski definition) is 1. The first kappa shape index (κ1) is 8.70. The highest BCUT2D eigenvalue weighted by atomic mass is 16.3. The van der Waals surface area contributed by atoms with Crippen LogP contribution in [0.2, 0.25) is 0 Å². The van der Waals surface area contributed by atoms with Crippen LogP contribution in [-0.4, -0.2) is 16.2 Å². The second-order valence-electron chi connectivity index (χ2n) is 3.87. The van der Waals surface area contributed by atoms with Crippen LogP contribution in [0, 0.1) is 6.92 Å². The Kier molecular flexibility index (Phi) is 2.32. The van der Waals surface area contributed by atoms with E-state index in [0.29, 0.717) is 0 Å². The first-order valence-corrected chi connectivity index (χ1v) is 4.88. The zero-order valence-electron chi connectivity index (χ0n) is 7.90. The van der Waals surface area contributed by atoms with Gasteiger partial charge in [0.15, 0.2) is 0 Å². The molecule has 13 heavy (non-hydrogen) atoms. The van der Waals surface area contributed by atoms with Crippen molar-refractivity contribution < 1.29 is 5.11 Å². The van der Waals surface area contributed by atoms with Crippen LogP contribution in [-0.2, 0) is 0 Å². The molecule has 1 aliphatic rings. The van der Waals surface area contributed by atoms with E-state index in [1.54, 1.807) is 0 Å². The third-order valence-electron chi connectivity index (χ3n) is 2.79. The van der Waals surface area contributed by atoms with E-state index < -0.39 is 0 Å². The number of aryl methyl sites for hydroxylation is 1. The van der Waals surface area contributed by atoms with Gasteiger partial charge in [-0.15, -0.1) is 0 Å². The van der Waals surface area contributed by atoms with Gasteiger partial charge < -0.3 is 5.11 Å². The normalized spacial score (nSPS) is 27.8. The zero-order valence-corrected chi connectivity index (χ0v) is 7.90. The molecule has 2 nitrogen and oxygen atoms in total. The number of aromatic nitrogens is 1. The van der Waals surface area contributed by atoms with Gasteiger partial charge in [-0.25, -0.2) is 0 Å². The number of aliphatic hydroxyl groups excluding tert-OH is 1. The molecule has 0 amide bonds. The van der Waals surface area contributed by atoms with Gasteiger partial charge in [0.25, 0.3) is 0 Å². The van der Waals surface area contributed by atoms with Gasteiger partial charge in [-0.1, -0.05) is 12.5 Å². The number of aliphatic hydroxyl groups is 1. The highest BCUT2D eigenvalue weighted by molar-refractivity contribution is 5.17. The van der Waals surface area contributed by atoms with Crippen LogP contribution in [0.25, 0.3) is 0 Å². The van der Waals surface area contributed by atoms with E-state index in [4.69, 9.17) is 0 Å². The Morgan fingerprint density at radius 2 is 2.23 bits per heavy atom. The van der Waals surface area contributed by atoms with Gasteiger partial charge in [0.1, 0.15) is 0 Å². The molecule has 1 heterocycles. The molecule has 0 aromatic carbocycles. The monoisotopic (exact) mass is 177 g/mol. The van der Waals surface area contributed by atoms with Gasteiger partial charge in [0.05, 0.1) is 6.10 Å². The highest BCUT2D eigenvalue weighted by Crippen LogP contribution is 2.33. The molecule has 0 saturated heterocycles. The van der Waals surface area contributed by atoms with Crippen LogP contribution in [0.5, 0.6) is 0 Å². The topological polar surface area (TPSA) is 33.1 Å². The summed E-state index contributed by atoms with van der Waals surface area (Å²) in [5.74, 6) is 0.278. The molecule has 1 aromatic heterocycles. The fourth-order valence-electron chi connectivity index (χ4n) is 1.98. The maximum atomic E-state index is 9.67. The molecule has 1 N–H and O–H groups in total. The predicted octanol–water partition coefficient (Wildman–Crippen LogP) is 2.02. The summed E-state index contributed by atoms with van der Waals surface area (Å²) in [5.41, 5.74) is 2.23. The fourth-order valence-corrected chi connectivity index (χ4v) is 1.98. The van der Waals surface area contributed by atoms with Crippen molar-refractivity contribution in [1.29, 1.82) is 0 Å². The Morgan fingerprint density at radius 1 is 1.38 bits per heavy atom. The second kappa shape index (κ2) is 3.46. The number of pyridine rings is 1. The van der Waals surface area contributed by atoms with E-state index in [9.17, 15) is 5.11 Å². The summed E-state index contributed by atoms with van der Waals surface area (Å²) in [6.45, 7) is 2.03. The van der Waals surface area contributed by atoms with Crippen molar-refractivity contribution >= 4 is 0 Å². The van der Waals surface area contributed by atoms with E-state index in [0.717, 1.165) is 25.0 Å². The maximum absolute atomic E-state index is 9.67. The van der Waals surface area contributed by atoms with Crippen LogP contribution in [0.15, 0.2) is 18.3 Å². The summed E-state index contributed by atoms with van der Waals surface area (Å²) in [6.07, 6.45) is 4.84. The quantitative estimate of drug-likeness (QED) is 0.712. The van der Waals surface area contributed by atoms with Gasteiger partial charge in [-0.05, 0) is 31.4 Å². The Balaban J connectivity index is 2.20. The molecule has 0 radical (unpaired) electrons. The molecule has 0 spiro atoms. The minimum atomic E-state index is -0.171. The molecule has 0 bridgehead atoms. The molecular weight excluding hydrogens is 162 g/mol. The van der Waals surface area contributed by atoms with Crippen LogP contribution in [0.4, 0.5) is 0 Å². The molecule has 2 rings (SSSR count). The number of rotatable bonds is 1. The van der Waals surface area contributed by atoms with Crippen molar-refractivity contribution in [2.24, 2.45) is 0 Å². The standard InChI is InChI=1S/C11H15NO/c1-8-5-6-10(12-7-8)9-3-2-4-11(9)13/h5-7,9,11,13H,2-4H2,1H3/t9-,11+/m1/s1. The van der Waals surface area contributed by atoms with Crippen LogP contribution < -0.4 is 0 Å². The predicted molar refractivity (Wildman–Crippen MR) is 51.6 cm³/mol. The van der Waals surface area contributed by atoms with Crippen molar-refractivity contribution in [3.05, 3.63) is 29.6 Å². The van der Waals surface area contributed by atoms with Crippen molar-refractivity contribution in [1.82, 2.24) is 4.98 Å². The average Bonchev–Trinajstić information content (AvgIpc) is 2.53. The lowest BCUT2D eigenvalue weighted by Crippen LogP contribution is -2.12. The molecule has 1 aromatic rings. The summed E-state index contributed by atoms with van der Waals surface area (Å²) in [4.78, 5) is 4.35. The molecule has 1 saturated carbocycles. The van der Waals surface area contributed by atoms with Gasteiger partial charge >= 0.3 is 0 Å². The zero-order chi connectivity index (χ0) is 9.26. The molecule has 70 valence electrons. The number of nitrogens with zero attached hydrogens (tertiary/aromatic N) is 1. The lowest BCUT2D eigenvalue weighted by Gasteiger charge is -2.13. The number of hydrogen-bond acceptors (Lipinski definition) is 2. The van der Waals surface area contributed by atoms with Crippen molar-refractivity contribution in [3.63, 3.8) is 0 Å². The van der Waals surface area contributed by atoms with E-state index in [2.05, 4.69) is 11.1 Å². The summed E-state index contributed by atoms with van der Waals surface area (Å²) in [5, 5.41) is 9.67. The summed E-state index contributed by atoms with van der Waals surface area (Å²) >= 11 is 0. The Morgan fingerprint density at radius 3 is 2.77 bits per heavy atom. The van der Waals surface area contributed by atoms with Crippen LogP contribution in [0.1, 0.15) is 36.4 Å². The fraction of sp³-hybridized carbons (Fsp3) is 0.545. The molecule has 0 unspecified atom stereocenters.